The summed E-state index contributed by atoms with van der Waals surface area (Å²) in [5.41, 5.74) is 7.17. The quantitative estimate of drug-likeness (QED) is 0.236. The molecule has 2 amide bonds. The van der Waals surface area contributed by atoms with Gasteiger partial charge in [-0.3, -0.25) is 14.4 Å². The lowest BCUT2D eigenvalue weighted by atomic mass is 10.0. The minimum absolute atomic E-state index is 0.00731. The molecule has 0 saturated carbocycles. The average molecular weight is 459 g/mol. The third-order valence-corrected chi connectivity index (χ3v) is 4.73. The van der Waals surface area contributed by atoms with Crippen LogP contribution < -0.4 is 16.4 Å². The van der Waals surface area contributed by atoms with E-state index in [4.69, 9.17) is 10.8 Å². The summed E-state index contributed by atoms with van der Waals surface area (Å²) in [5, 5.41) is 41.5. The number of nitrogens with one attached hydrogen (secondary N) is 2. The molecular formula is C22H25N3O8. The molecule has 0 bridgehead atoms. The monoisotopic (exact) mass is 459 g/mol. The minimum Gasteiger partial charge on any atom is -0.508 e. The summed E-state index contributed by atoms with van der Waals surface area (Å²) < 4.78 is 0. The Balaban J connectivity index is 2.16. The molecule has 2 rings (SSSR count). The van der Waals surface area contributed by atoms with Crippen LogP contribution in [0, 0.1) is 0 Å². The Morgan fingerprint density at radius 3 is 1.64 bits per heavy atom. The molecule has 0 aliphatic heterocycles. The Hall–Kier alpha value is -4.12. The van der Waals surface area contributed by atoms with Crippen molar-refractivity contribution in [2.45, 2.75) is 37.4 Å². The van der Waals surface area contributed by atoms with Crippen molar-refractivity contribution in [3.63, 3.8) is 0 Å². The second-order valence-corrected chi connectivity index (χ2v) is 7.41. The molecule has 0 aromatic heterocycles. The Morgan fingerprint density at radius 1 is 0.727 bits per heavy atom. The van der Waals surface area contributed by atoms with Gasteiger partial charge in [-0.25, -0.2) is 4.79 Å². The number of aliphatic carboxylic acids is 2. The van der Waals surface area contributed by atoms with Gasteiger partial charge in [0.2, 0.25) is 11.8 Å². The van der Waals surface area contributed by atoms with E-state index in [0.29, 0.717) is 11.1 Å². The first-order valence-electron chi connectivity index (χ1n) is 9.92. The molecule has 0 spiro atoms. The van der Waals surface area contributed by atoms with Crippen molar-refractivity contribution in [3.8, 4) is 11.5 Å². The summed E-state index contributed by atoms with van der Waals surface area (Å²) in [7, 11) is 0. The summed E-state index contributed by atoms with van der Waals surface area (Å²) in [6.07, 6.45) is -0.805. The number of amides is 2. The molecule has 33 heavy (non-hydrogen) atoms. The summed E-state index contributed by atoms with van der Waals surface area (Å²) in [4.78, 5) is 47.6. The third-order valence-electron chi connectivity index (χ3n) is 4.73. The van der Waals surface area contributed by atoms with Crippen molar-refractivity contribution in [2.75, 3.05) is 0 Å². The number of carbonyl (C=O) groups excluding carboxylic acids is 2. The first kappa shape index (κ1) is 25.1. The van der Waals surface area contributed by atoms with Gasteiger partial charge in [0.25, 0.3) is 0 Å². The molecule has 0 heterocycles. The van der Waals surface area contributed by atoms with Crippen LogP contribution in [0.2, 0.25) is 0 Å². The number of phenolic OH excluding ortho intramolecular Hbond substituents is 2. The molecule has 2 aromatic rings. The highest BCUT2D eigenvalue weighted by molar-refractivity contribution is 5.93. The lowest BCUT2D eigenvalue weighted by Crippen LogP contribution is -2.55. The van der Waals surface area contributed by atoms with Crippen LogP contribution in [0.3, 0.4) is 0 Å². The third kappa shape index (κ3) is 8.15. The maximum Gasteiger partial charge on any atom is 0.326 e. The van der Waals surface area contributed by atoms with Crippen LogP contribution >= 0.6 is 0 Å². The van der Waals surface area contributed by atoms with E-state index in [0.717, 1.165) is 0 Å². The van der Waals surface area contributed by atoms with Gasteiger partial charge in [0.1, 0.15) is 23.6 Å². The molecule has 11 nitrogen and oxygen atoms in total. The number of benzene rings is 2. The Morgan fingerprint density at radius 2 is 1.18 bits per heavy atom. The second-order valence-electron chi connectivity index (χ2n) is 7.41. The van der Waals surface area contributed by atoms with Gasteiger partial charge in [-0.2, -0.15) is 0 Å². The van der Waals surface area contributed by atoms with E-state index in [1.807, 2.05) is 0 Å². The van der Waals surface area contributed by atoms with E-state index in [9.17, 15) is 34.5 Å². The largest absolute Gasteiger partial charge is 0.508 e. The molecule has 176 valence electrons. The number of aromatic hydroxyl groups is 2. The molecule has 3 unspecified atom stereocenters. The van der Waals surface area contributed by atoms with E-state index >= 15 is 0 Å². The fourth-order valence-electron chi connectivity index (χ4n) is 2.98. The van der Waals surface area contributed by atoms with Crippen LogP contribution in [-0.2, 0) is 32.0 Å². The van der Waals surface area contributed by atoms with Gasteiger partial charge in [0.05, 0.1) is 12.5 Å². The second kappa shape index (κ2) is 11.5. The highest BCUT2D eigenvalue weighted by atomic mass is 16.4. The lowest BCUT2D eigenvalue weighted by Gasteiger charge is -2.23. The van der Waals surface area contributed by atoms with Crippen molar-refractivity contribution in [3.05, 3.63) is 59.7 Å². The van der Waals surface area contributed by atoms with Crippen LogP contribution in [0.25, 0.3) is 0 Å². The zero-order chi connectivity index (χ0) is 24.5. The van der Waals surface area contributed by atoms with E-state index in [2.05, 4.69) is 10.6 Å². The Kier molecular flexibility index (Phi) is 8.75. The summed E-state index contributed by atoms with van der Waals surface area (Å²) in [5.74, 6) is -4.50. The van der Waals surface area contributed by atoms with Gasteiger partial charge < -0.3 is 36.8 Å². The normalized spacial score (nSPS) is 13.4. The van der Waals surface area contributed by atoms with Gasteiger partial charge in [0.15, 0.2) is 0 Å². The van der Waals surface area contributed by atoms with Crippen LogP contribution in [0.5, 0.6) is 11.5 Å². The molecule has 8 N–H and O–H groups in total. The number of rotatable bonds is 11. The first-order chi connectivity index (χ1) is 15.5. The highest BCUT2D eigenvalue weighted by Gasteiger charge is 2.29. The van der Waals surface area contributed by atoms with Gasteiger partial charge in [-0.1, -0.05) is 24.3 Å². The van der Waals surface area contributed by atoms with E-state index in [-0.39, 0.29) is 24.3 Å². The fourth-order valence-corrected chi connectivity index (χ4v) is 2.98. The molecular weight excluding hydrogens is 434 g/mol. The number of hydrogen-bond acceptors (Lipinski definition) is 7. The summed E-state index contributed by atoms with van der Waals surface area (Å²) >= 11 is 0. The van der Waals surface area contributed by atoms with Crippen LogP contribution in [0.15, 0.2) is 48.5 Å². The molecule has 0 aliphatic rings. The average Bonchev–Trinajstić information content (AvgIpc) is 2.75. The SMILES string of the molecule is NC(Cc1ccc(O)cc1)C(=O)NC(Cc1ccc(O)cc1)C(=O)NC(CC(=O)O)C(=O)O. The van der Waals surface area contributed by atoms with Gasteiger partial charge in [-0.15, -0.1) is 0 Å². The zero-order valence-corrected chi connectivity index (χ0v) is 17.5. The lowest BCUT2D eigenvalue weighted by molar-refractivity contribution is -0.147. The number of nitrogens with two attached hydrogens (primary N) is 1. The number of phenols is 2. The molecule has 0 fully saturated rings. The molecule has 0 aliphatic carbocycles. The van der Waals surface area contributed by atoms with Crippen molar-refractivity contribution in [1.82, 2.24) is 10.6 Å². The summed E-state index contributed by atoms with van der Waals surface area (Å²) in [6.45, 7) is 0. The minimum atomic E-state index is -1.69. The molecule has 0 saturated heterocycles. The Bertz CT molecular complexity index is 992. The van der Waals surface area contributed by atoms with Gasteiger partial charge in [-0.05, 0) is 41.8 Å². The van der Waals surface area contributed by atoms with Crippen LogP contribution in [0.1, 0.15) is 17.5 Å². The predicted molar refractivity (Wildman–Crippen MR) is 115 cm³/mol. The van der Waals surface area contributed by atoms with E-state index in [1.54, 1.807) is 12.1 Å². The van der Waals surface area contributed by atoms with Crippen molar-refractivity contribution in [1.29, 1.82) is 0 Å². The predicted octanol–water partition coefficient (Wildman–Crippen LogP) is -0.261. The fraction of sp³-hybridized carbons (Fsp3) is 0.273. The molecule has 0 radical (unpaired) electrons. The number of carboxylic acids is 2. The van der Waals surface area contributed by atoms with Crippen molar-refractivity contribution in [2.24, 2.45) is 5.73 Å². The smallest absolute Gasteiger partial charge is 0.326 e. The first-order valence-corrected chi connectivity index (χ1v) is 9.92. The van der Waals surface area contributed by atoms with E-state index in [1.165, 1.54) is 36.4 Å². The van der Waals surface area contributed by atoms with Gasteiger partial charge in [0, 0.05) is 6.42 Å². The number of hydrogen-bond donors (Lipinski definition) is 7. The van der Waals surface area contributed by atoms with E-state index < -0.39 is 48.3 Å². The topological polar surface area (TPSA) is 199 Å². The van der Waals surface area contributed by atoms with Crippen LogP contribution in [0.4, 0.5) is 0 Å². The van der Waals surface area contributed by atoms with Crippen LogP contribution in [-0.4, -0.2) is 62.3 Å². The maximum atomic E-state index is 12.8. The summed E-state index contributed by atoms with van der Waals surface area (Å²) in [6, 6.07) is 7.85. The highest BCUT2D eigenvalue weighted by Crippen LogP contribution is 2.13. The molecule has 2 aromatic carbocycles. The Labute approximate surface area is 188 Å². The standard InChI is InChI=1S/C22H25N3O8/c23-16(9-12-1-5-14(26)6-2-12)20(30)24-17(10-13-3-7-15(27)8-4-13)21(31)25-18(22(32)33)11-19(28)29/h1-8,16-18,26-27H,9-11,23H2,(H,24,30)(H,25,31)(H,28,29)(H,32,33). The van der Waals surface area contributed by atoms with Gasteiger partial charge >= 0.3 is 11.9 Å². The van der Waals surface area contributed by atoms with Crippen molar-refractivity contribution >= 4 is 23.8 Å². The number of carboxylic acid groups (broad SMARTS) is 2. The number of carbonyl (C=O) groups is 4. The molecule has 11 heteroatoms. The van der Waals surface area contributed by atoms with Crippen molar-refractivity contribution < 1.29 is 39.6 Å². The maximum absolute atomic E-state index is 12.8. The zero-order valence-electron chi connectivity index (χ0n) is 17.5. The molecule has 3 atom stereocenters.